The number of nitrogens with zero attached hydrogens (tertiary/aromatic N) is 6. The Balaban J connectivity index is 1.52. The fourth-order valence-electron chi connectivity index (χ4n) is 3.88. The largest absolute Gasteiger partial charge is 0.290 e. The molecule has 4 aromatic rings. The first-order valence-electron chi connectivity index (χ1n) is 11.3. The molecule has 0 saturated heterocycles. The highest BCUT2D eigenvalue weighted by molar-refractivity contribution is 5.08. The Labute approximate surface area is 196 Å². The van der Waals surface area contributed by atoms with Gasteiger partial charge in [0.2, 0.25) is 0 Å². The van der Waals surface area contributed by atoms with Crippen LogP contribution in [0.2, 0.25) is 0 Å². The zero-order valence-electron chi connectivity index (χ0n) is 19.0. The van der Waals surface area contributed by atoms with Gasteiger partial charge in [-0.1, -0.05) is 24.3 Å². The molecule has 168 valence electrons. The van der Waals surface area contributed by atoms with E-state index >= 15 is 0 Å². The molecule has 0 saturated carbocycles. The molecule has 0 N–H and O–H groups in total. The van der Waals surface area contributed by atoms with Gasteiger partial charge in [-0.3, -0.25) is 29.7 Å². The Bertz CT molecular complexity index is 978. The molecule has 6 heteroatoms. The zero-order chi connectivity index (χ0) is 22.7. The van der Waals surface area contributed by atoms with Gasteiger partial charge in [-0.2, -0.15) is 0 Å². The smallest absolute Gasteiger partial charge is 0.0544 e. The molecule has 0 unspecified atom stereocenters. The average Bonchev–Trinajstić information content (AvgIpc) is 2.86. The lowest BCUT2D eigenvalue weighted by atomic mass is 10.2. The van der Waals surface area contributed by atoms with Gasteiger partial charge in [0.25, 0.3) is 0 Å². The first kappa shape index (κ1) is 22.7. The summed E-state index contributed by atoms with van der Waals surface area (Å²) in [5.74, 6) is 0. The second-order valence-corrected chi connectivity index (χ2v) is 8.21. The fraction of sp³-hybridized carbons (Fsp3) is 0.259. The maximum Gasteiger partial charge on any atom is 0.0544 e. The summed E-state index contributed by atoms with van der Waals surface area (Å²) < 4.78 is 0. The maximum atomic E-state index is 4.56. The van der Waals surface area contributed by atoms with Crippen molar-refractivity contribution in [2.45, 2.75) is 39.1 Å². The van der Waals surface area contributed by atoms with Crippen LogP contribution in [0.15, 0.2) is 97.6 Å². The normalized spacial score (nSPS) is 12.2. The van der Waals surface area contributed by atoms with Gasteiger partial charge in [0.15, 0.2) is 0 Å². The molecule has 4 rings (SSSR count). The number of hydrogen-bond acceptors (Lipinski definition) is 6. The van der Waals surface area contributed by atoms with E-state index in [2.05, 4.69) is 60.9 Å². The lowest BCUT2D eigenvalue weighted by Crippen LogP contribution is -2.41. The van der Waals surface area contributed by atoms with Crippen LogP contribution in [-0.4, -0.2) is 42.3 Å². The summed E-state index contributed by atoms with van der Waals surface area (Å²) in [6, 6.07) is 24.6. The molecule has 0 amide bonds. The summed E-state index contributed by atoms with van der Waals surface area (Å²) in [6.45, 7) is 6.20. The van der Waals surface area contributed by atoms with Gasteiger partial charge in [0, 0.05) is 63.6 Å². The first-order chi connectivity index (χ1) is 16.3. The van der Waals surface area contributed by atoms with Gasteiger partial charge >= 0.3 is 0 Å². The quantitative estimate of drug-likeness (QED) is 0.347. The minimum atomic E-state index is 0.265. The minimum Gasteiger partial charge on any atom is -0.290 e. The molecular weight excluding hydrogens is 408 g/mol. The van der Waals surface area contributed by atoms with Crippen LogP contribution in [0, 0.1) is 0 Å². The van der Waals surface area contributed by atoms with Crippen LogP contribution in [0.1, 0.15) is 29.7 Å². The Kier molecular flexibility index (Phi) is 8.22. The van der Waals surface area contributed by atoms with E-state index < -0.39 is 0 Å². The highest BCUT2D eigenvalue weighted by Crippen LogP contribution is 2.15. The van der Waals surface area contributed by atoms with Gasteiger partial charge in [-0.25, -0.2) is 0 Å². The predicted octanol–water partition coefficient (Wildman–Crippen LogP) is 4.36. The van der Waals surface area contributed by atoms with Crippen molar-refractivity contribution in [2.75, 3.05) is 6.54 Å². The van der Waals surface area contributed by atoms with Crippen molar-refractivity contribution in [1.29, 1.82) is 0 Å². The van der Waals surface area contributed by atoms with Crippen LogP contribution in [0.25, 0.3) is 0 Å². The molecule has 0 aliphatic carbocycles. The highest BCUT2D eigenvalue weighted by Gasteiger charge is 2.20. The summed E-state index contributed by atoms with van der Waals surface area (Å²) in [6.07, 6.45) is 7.42. The van der Waals surface area contributed by atoms with Crippen LogP contribution in [0.3, 0.4) is 0 Å². The van der Waals surface area contributed by atoms with Gasteiger partial charge in [0.1, 0.15) is 0 Å². The van der Waals surface area contributed by atoms with Crippen LogP contribution >= 0.6 is 0 Å². The number of hydrogen-bond donors (Lipinski definition) is 0. The van der Waals surface area contributed by atoms with Crippen molar-refractivity contribution in [2.24, 2.45) is 0 Å². The van der Waals surface area contributed by atoms with Crippen LogP contribution in [0.4, 0.5) is 0 Å². The van der Waals surface area contributed by atoms with E-state index in [0.29, 0.717) is 0 Å². The third-order valence-corrected chi connectivity index (χ3v) is 5.55. The van der Waals surface area contributed by atoms with Gasteiger partial charge in [-0.05, 0) is 55.5 Å². The standard InChI is InChI=1S/C27H30N6/c1-23(33(21-26-12-4-8-16-30-26)22-27-13-5-9-17-31-27)18-32(19-24-10-2-6-14-28-24)20-25-11-3-7-15-29-25/h2-17,23H,18-22H2,1H3/t23-/m1/s1. The minimum absolute atomic E-state index is 0.265. The van der Waals surface area contributed by atoms with E-state index in [1.54, 1.807) is 0 Å². The number of rotatable bonds is 11. The van der Waals surface area contributed by atoms with E-state index in [1.165, 1.54) is 0 Å². The van der Waals surface area contributed by atoms with Crippen LogP contribution < -0.4 is 0 Å². The molecule has 1 atom stereocenters. The summed E-state index contributed by atoms with van der Waals surface area (Å²) >= 11 is 0. The molecule has 0 spiro atoms. The topological polar surface area (TPSA) is 58.0 Å². The predicted molar refractivity (Wildman–Crippen MR) is 130 cm³/mol. The third-order valence-electron chi connectivity index (χ3n) is 5.55. The Morgan fingerprint density at radius 3 is 1.24 bits per heavy atom. The van der Waals surface area contributed by atoms with Crippen molar-refractivity contribution in [3.63, 3.8) is 0 Å². The summed E-state index contributed by atoms with van der Waals surface area (Å²) in [7, 11) is 0. The van der Waals surface area contributed by atoms with Gasteiger partial charge < -0.3 is 0 Å². The SMILES string of the molecule is C[C@H](CN(Cc1ccccn1)Cc1ccccn1)N(Cc1ccccn1)Cc1ccccn1. The molecular formula is C27H30N6. The highest BCUT2D eigenvalue weighted by atomic mass is 15.2. The van der Waals surface area contributed by atoms with E-state index in [9.17, 15) is 0 Å². The summed E-state index contributed by atoms with van der Waals surface area (Å²) in [5.41, 5.74) is 4.23. The maximum absolute atomic E-state index is 4.56. The molecule has 0 aromatic carbocycles. The molecule has 4 heterocycles. The monoisotopic (exact) mass is 438 g/mol. The van der Waals surface area contributed by atoms with Crippen molar-refractivity contribution in [3.8, 4) is 0 Å². The molecule has 33 heavy (non-hydrogen) atoms. The van der Waals surface area contributed by atoms with Gasteiger partial charge in [-0.15, -0.1) is 0 Å². The van der Waals surface area contributed by atoms with Crippen molar-refractivity contribution >= 4 is 0 Å². The lowest BCUT2D eigenvalue weighted by molar-refractivity contribution is 0.123. The molecule has 0 bridgehead atoms. The number of pyridine rings is 4. The first-order valence-corrected chi connectivity index (χ1v) is 11.3. The van der Waals surface area contributed by atoms with Crippen LogP contribution in [0.5, 0.6) is 0 Å². The Hall–Kier alpha value is -3.48. The van der Waals surface area contributed by atoms with Crippen molar-refractivity contribution in [3.05, 3.63) is 120 Å². The molecule has 0 radical (unpaired) electrons. The Morgan fingerprint density at radius 2 is 0.909 bits per heavy atom. The van der Waals surface area contributed by atoms with Gasteiger partial charge in [0.05, 0.1) is 22.8 Å². The molecule has 6 nitrogen and oxygen atoms in total. The summed E-state index contributed by atoms with van der Waals surface area (Å²) in [4.78, 5) is 23.1. The molecule has 0 aliphatic heterocycles. The van der Waals surface area contributed by atoms with Crippen LogP contribution in [-0.2, 0) is 26.2 Å². The molecule has 4 aromatic heterocycles. The van der Waals surface area contributed by atoms with E-state index in [1.807, 2.05) is 73.3 Å². The third kappa shape index (κ3) is 7.27. The van der Waals surface area contributed by atoms with E-state index in [4.69, 9.17) is 0 Å². The average molecular weight is 439 g/mol. The second-order valence-electron chi connectivity index (χ2n) is 8.21. The fourth-order valence-corrected chi connectivity index (χ4v) is 3.88. The zero-order valence-corrected chi connectivity index (χ0v) is 19.0. The van der Waals surface area contributed by atoms with E-state index in [-0.39, 0.29) is 6.04 Å². The van der Waals surface area contributed by atoms with Crippen molar-refractivity contribution in [1.82, 2.24) is 29.7 Å². The second kappa shape index (κ2) is 11.9. The van der Waals surface area contributed by atoms with E-state index in [0.717, 1.165) is 55.5 Å². The Morgan fingerprint density at radius 1 is 0.545 bits per heavy atom. The van der Waals surface area contributed by atoms with Crippen molar-refractivity contribution < 1.29 is 0 Å². The lowest BCUT2D eigenvalue weighted by Gasteiger charge is -2.33. The number of aromatic nitrogens is 4. The molecule has 0 aliphatic rings. The molecule has 0 fully saturated rings. The summed E-state index contributed by atoms with van der Waals surface area (Å²) in [5, 5.41) is 0.